The van der Waals surface area contributed by atoms with Crippen LogP contribution in [0.1, 0.15) is 89.2 Å². The molecule has 1 aromatic rings. The summed E-state index contributed by atoms with van der Waals surface area (Å²) in [6.45, 7) is 6.49. The average molecular weight is 598 g/mol. The quantitative estimate of drug-likeness (QED) is 0.201. The summed E-state index contributed by atoms with van der Waals surface area (Å²) >= 11 is 0. The van der Waals surface area contributed by atoms with Crippen LogP contribution in [-0.4, -0.2) is 58.7 Å². The molecule has 3 unspecified atom stereocenters. The molecule has 4 aliphatic carbocycles. The average Bonchev–Trinajstić information content (AvgIpc) is 3.20. The lowest BCUT2D eigenvalue weighted by molar-refractivity contribution is -0.362. The van der Waals surface area contributed by atoms with Crippen LogP contribution in [0.3, 0.4) is 0 Å². The molecule has 1 aliphatic heterocycles. The lowest BCUT2D eigenvalue weighted by Gasteiger charge is -2.59. The predicted molar refractivity (Wildman–Crippen MR) is 145 cm³/mol. The Bertz CT molecular complexity index is 1280. The Kier molecular flexibility index (Phi) is 6.69. The van der Waals surface area contributed by atoms with E-state index in [0.717, 1.165) is 11.1 Å². The molecule has 10 heteroatoms. The van der Waals surface area contributed by atoms with Crippen molar-refractivity contribution in [1.82, 2.24) is 0 Å². The molecule has 1 saturated heterocycles. The van der Waals surface area contributed by atoms with E-state index in [0.29, 0.717) is 50.0 Å². The van der Waals surface area contributed by atoms with Crippen molar-refractivity contribution < 1.29 is 41.6 Å². The fraction of sp³-hybridized carbons (Fsp3) is 0.719. The number of rotatable bonds is 3. The van der Waals surface area contributed by atoms with Gasteiger partial charge in [0, 0.05) is 35.8 Å². The molecule has 5 aliphatic rings. The number of hydrogen-bond acceptors (Lipinski definition) is 5. The molecule has 3 saturated carbocycles. The number of aliphatic hydroxyl groups is 2. The molecule has 1 spiro atoms. The van der Waals surface area contributed by atoms with Gasteiger partial charge in [-0.1, -0.05) is 50.6 Å². The van der Waals surface area contributed by atoms with Crippen molar-refractivity contribution in [3.8, 4) is 0 Å². The zero-order valence-electron chi connectivity index (χ0n) is 24.3. The third-order valence-electron chi connectivity index (χ3n) is 11.4. The highest BCUT2D eigenvalue weighted by molar-refractivity contribution is 5.76. The van der Waals surface area contributed by atoms with Crippen LogP contribution in [0.25, 0.3) is 0 Å². The Hall–Kier alpha value is -1.88. The second-order valence-electron chi connectivity index (χ2n) is 14.5. The van der Waals surface area contributed by atoms with Crippen molar-refractivity contribution in [3.63, 3.8) is 0 Å². The number of nitrogens with one attached hydrogen (secondary N) is 1. The molecule has 0 radical (unpaired) electrons. The van der Waals surface area contributed by atoms with Crippen molar-refractivity contribution in [1.29, 1.82) is 5.41 Å². The van der Waals surface area contributed by atoms with E-state index in [1.807, 2.05) is 0 Å². The Labute approximate surface area is 243 Å². The second kappa shape index (κ2) is 9.31. The minimum absolute atomic E-state index is 0.0449. The van der Waals surface area contributed by atoms with Gasteiger partial charge in [0.25, 0.3) is 0 Å². The van der Waals surface area contributed by atoms with Gasteiger partial charge in [-0.2, -0.15) is 22.0 Å². The van der Waals surface area contributed by atoms with E-state index >= 15 is 8.78 Å². The number of alkyl halides is 5. The van der Waals surface area contributed by atoms with Crippen LogP contribution >= 0.6 is 0 Å². The van der Waals surface area contributed by atoms with Crippen LogP contribution in [0.5, 0.6) is 0 Å². The highest BCUT2D eigenvalue weighted by Crippen LogP contribution is 2.71. The molecule has 232 valence electrons. The molecule has 42 heavy (non-hydrogen) atoms. The van der Waals surface area contributed by atoms with Gasteiger partial charge in [-0.3, -0.25) is 0 Å². The van der Waals surface area contributed by atoms with Crippen LogP contribution in [0, 0.1) is 28.1 Å². The number of hydrogen-bond donors (Lipinski definition) is 3. The Morgan fingerprint density at radius 1 is 0.929 bits per heavy atom. The van der Waals surface area contributed by atoms with E-state index in [1.165, 1.54) is 13.1 Å². The topological polar surface area (TPSA) is 82.8 Å². The summed E-state index contributed by atoms with van der Waals surface area (Å²) < 4.78 is 84.3. The first-order chi connectivity index (χ1) is 19.4. The van der Waals surface area contributed by atoms with E-state index in [9.17, 15) is 23.4 Å². The number of halogens is 5. The first kappa shape index (κ1) is 30.2. The lowest BCUT2D eigenvalue weighted by atomic mass is 9.49. The van der Waals surface area contributed by atoms with Crippen LogP contribution in [0.4, 0.5) is 22.0 Å². The summed E-state index contributed by atoms with van der Waals surface area (Å²) in [7, 11) is 0. The highest BCUT2D eigenvalue weighted by Gasteiger charge is 2.79. The SMILES string of the molecule is CC1(C)COC2(CCC3=C4C(CCC3(O)C2)C2CC[C@@](O)(C(F)(F)C(F)(F)F)[C@@]2(C)C[C@@H]4c2ccc(C=N)cc2)OC1. The van der Waals surface area contributed by atoms with E-state index in [4.69, 9.17) is 14.9 Å². The Morgan fingerprint density at radius 3 is 2.17 bits per heavy atom. The zero-order valence-corrected chi connectivity index (χ0v) is 24.3. The first-order valence-electron chi connectivity index (χ1n) is 14.9. The molecule has 6 rings (SSSR count). The molecule has 5 nitrogen and oxygen atoms in total. The largest absolute Gasteiger partial charge is 0.456 e. The van der Waals surface area contributed by atoms with Gasteiger partial charge in [0.05, 0.1) is 18.8 Å². The summed E-state index contributed by atoms with van der Waals surface area (Å²) in [5.41, 5.74) is -3.30. The molecular weight excluding hydrogens is 557 g/mol. The molecule has 1 aromatic carbocycles. The Balaban J connectivity index is 1.46. The van der Waals surface area contributed by atoms with Gasteiger partial charge < -0.3 is 25.1 Å². The molecule has 0 amide bonds. The first-order valence-corrected chi connectivity index (χ1v) is 14.9. The molecule has 0 bridgehead atoms. The number of fused-ring (bicyclic) bond motifs is 4. The summed E-state index contributed by atoms with van der Waals surface area (Å²) in [6, 6.07) is 7.00. The maximum Gasteiger partial charge on any atom is 0.456 e. The predicted octanol–water partition coefficient (Wildman–Crippen LogP) is 6.91. The van der Waals surface area contributed by atoms with Crippen molar-refractivity contribution >= 4 is 6.21 Å². The Morgan fingerprint density at radius 2 is 1.57 bits per heavy atom. The monoisotopic (exact) mass is 597 g/mol. The van der Waals surface area contributed by atoms with Gasteiger partial charge >= 0.3 is 12.1 Å². The van der Waals surface area contributed by atoms with Gasteiger partial charge in [-0.05, 0) is 67.1 Å². The maximum atomic E-state index is 15.2. The molecule has 6 atom stereocenters. The molecular formula is C32H40F5NO4. The zero-order chi connectivity index (χ0) is 30.6. The summed E-state index contributed by atoms with van der Waals surface area (Å²) in [6.07, 6.45) is -3.50. The fourth-order valence-corrected chi connectivity index (χ4v) is 9.13. The van der Waals surface area contributed by atoms with E-state index < -0.39 is 52.8 Å². The highest BCUT2D eigenvalue weighted by atomic mass is 19.4. The third kappa shape index (κ3) is 4.18. The van der Waals surface area contributed by atoms with Gasteiger partial charge in [0.1, 0.15) is 5.60 Å². The maximum absolute atomic E-state index is 15.2. The minimum Gasteiger partial charge on any atom is -0.385 e. The van der Waals surface area contributed by atoms with Crippen LogP contribution < -0.4 is 0 Å². The lowest BCUT2D eigenvalue weighted by Crippen LogP contribution is -2.65. The standard InChI is InChI=1S/C32H40F5NO4/c1-26(2)17-41-29(42-18-26)12-9-24-25-21(8-11-28(24,39)16-29)23-10-13-30(40,31(33,34)32(35,36)37)27(23,3)14-22(25)20-6-4-19(15-38)5-7-20/h4-7,15,21-23,38-40H,8-14,16-18H2,1-3H3/t21?,22-,23?,27+,28?,30+/m1/s1. The minimum atomic E-state index is -5.89. The molecule has 1 heterocycles. The van der Waals surface area contributed by atoms with Crippen LogP contribution in [0.2, 0.25) is 0 Å². The summed E-state index contributed by atoms with van der Waals surface area (Å²) in [4.78, 5) is 0. The number of ether oxygens (including phenoxy) is 2. The number of benzene rings is 1. The van der Waals surface area contributed by atoms with Gasteiger partial charge in [0.15, 0.2) is 5.79 Å². The molecule has 3 N–H and O–H groups in total. The smallest absolute Gasteiger partial charge is 0.385 e. The normalized spacial score (nSPS) is 39.4. The summed E-state index contributed by atoms with van der Waals surface area (Å²) in [5, 5.41) is 31.2. The van der Waals surface area contributed by atoms with Crippen LogP contribution in [-0.2, 0) is 9.47 Å². The van der Waals surface area contributed by atoms with Crippen molar-refractivity contribution in [2.24, 2.45) is 22.7 Å². The van der Waals surface area contributed by atoms with Gasteiger partial charge in [0.2, 0.25) is 0 Å². The molecule has 4 fully saturated rings. The second-order valence-corrected chi connectivity index (χ2v) is 14.5. The third-order valence-corrected chi connectivity index (χ3v) is 11.4. The fourth-order valence-electron chi connectivity index (χ4n) is 9.13. The molecule has 0 aromatic heterocycles. The van der Waals surface area contributed by atoms with E-state index in [2.05, 4.69) is 13.8 Å². The van der Waals surface area contributed by atoms with Crippen molar-refractivity contribution in [2.45, 2.75) is 107 Å². The number of allylic oxidation sites excluding steroid dienone is 1. The van der Waals surface area contributed by atoms with Gasteiger partial charge in [-0.15, -0.1) is 0 Å². The van der Waals surface area contributed by atoms with Crippen molar-refractivity contribution in [3.05, 3.63) is 46.5 Å². The van der Waals surface area contributed by atoms with Gasteiger partial charge in [-0.25, -0.2) is 0 Å². The van der Waals surface area contributed by atoms with E-state index in [1.54, 1.807) is 24.3 Å². The van der Waals surface area contributed by atoms with Crippen LogP contribution in [0.15, 0.2) is 35.4 Å². The summed E-state index contributed by atoms with van der Waals surface area (Å²) in [5.74, 6) is -7.73. The van der Waals surface area contributed by atoms with E-state index in [-0.39, 0.29) is 30.6 Å². The van der Waals surface area contributed by atoms with Crippen molar-refractivity contribution in [2.75, 3.05) is 13.2 Å².